The molecule has 10 N–H and O–H groups in total. The van der Waals surface area contributed by atoms with E-state index < -0.39 is 86.6 Å². The highest BCUT2D eigenvalue weighted by molar-refractivity contribution is 5.81. The Morgan fingerprint density at radius 1 is 0.745 bits per heavy atom. The van der Waals surface area contributed by atoms with Gasteiger partial charge in [-0.2, -0.15) is 0 Å². The normalized spacial score (nSPS) is 32.4. The number of Topliss-reactive ketones (excluding diaryl/α,β-unsaturated/α-hetero) is 1. The predicted molar refractivity (Wildman–Crippen MR) is 161 cm³/mol. The highest BCUT2D eigenvalue weighted by atomic mass is 16.7. The van der Waals surface area contributed by atoms with Gasteiger partial charge in [0.25, 0.3) is 0 Å². The summed E-state index contributed by atoms with van der Waals surface area (Å²) in [7, 11) is 0. The van der Waals surface area contributed by atoms with Gasteiger partial charge in [0.2, 0.25) is 5.91 Å². The van der Waals surface area contributed by atoms with Gasteiger partial charge < -0.3 is 75.2 Å². The third-order valence-electron chi connectivity index (χ3n) is 8.33. The van der Waals surface area contributed by atoms with Crippen molar-refractivity contribution in [2.24, 2.45) is 5.92 Å². The molecule has 0 saturated carbocycles. The minimum atomic E-state index is -1.54. The average molecular weight is 683 g/mol. The van der Waals surface area contributed by atoms with Crippen LogP contribution in [-0.4, -0.2) is 166 Å². The molecule has 0 aliphatic carbocycles. The van der Waals surface area contributed by atoms with E-state index in [2.05, 4.69) is 10.6 Å². The molecular weight excluding hydrogens is 628 g/mol. The van der Waals surface area contributed by atoms with Crippen molar-refractivity contribution in [3.05, 3.63) is 0 Å². The van der Waals surface area contributed by atoms with Crippen molar-refractivity contribution < 1.29 is 74.2 Å². The number of amides is 1. The maximum atomic E-state index is 12.1. The Morgan fingerprint density at radius 2 is 1.30 bits per heavy atom. The number of hydrogen-bond donors (Lipinski definition) is 10. The number of aliphatic hydroxyl groups is 8. The van der Waals surface area contributed by atoms with Crippen LogP contribution in [0.5, 0.6) is 0 Å². The van der Waals surface area contributed by atoms with Crippen molar-refractivity contribution in [2.45, 2.75) is 126 Å². The monoisotopic (exact) mass is 682 g/mol. The first-order chi connectivity index (χ1) is 22.4. The van der Waals surface area contributed by atoms with Crippen LogP contribution in [0.4, 0.5) is 0 Å². The molecule has 0 bridgehead atoms. The standard InChI is InChI=1S/C30H54N2O15/c1-17(36)19(32-13-18(14-33)7-6-12-45-30-28(43)26(41)24(39)21(16-35)47-30)8-2-4-10-31-22(37)9-3-5-11-44-29-27(42)25(40)23(38)20(15-34)46-29/h14,18-21,23-30,32,34-35,38-43H,2-13,15-16H2,1H3,(H,31,37)/t18?,19-,20?,21?,23+,24?,25?,26?,27?,28?,29?,30?/m1/s1. The van der Waals surface area contributed by atoms with Crippen molar-refractivity contribution in [3.63, 3.8) is 0 Å². The second-order valence-electron chi connectivity index (χ2n) is 12.0. The zero-order valence-corrected chi connectivity index (χ0v) is 26.8. The lowest BCUT2D eigenvalue weighted by atomic mass is 9.99. The summed E-state index contributed by atoms with van der Waals surface area (Å²) in [5.41, 5.74) is 0. The third-order valence-corrected chi connectivity index (χ3v) is 8.33. The molecule has 0 aromatic rings. The average Bonchev–Trinajstić information content (AvgIpc) is 3.06. The number of carbonyl (C=O) groups excluding carboxylic acids is 3. The van der Waals surface area contributed by atoms with Crippen LogP contribution in [0.3, 0.4) is 0 Å². The van der Waals surface area contributed by atoms with Gasteiger partial charge in [0.15, 0.2) is 12.6 Å². The second kappa shape index (κ2) is 22.1. The van der Waals surface area contributed by atoms with Crippen molar-refractivity contribution in [3.8, 4) is 0 Å². The summed E-state index contributed by atoms with van der Waals surface area (Å²) in [5.74, 6) is -0.629. The summed E-state index contributed by atoms with van der Waals surface area (Å²) in [6.45, 7) is 1.27. The maximum absolute atomic E-state index is 12.1. The first kappa shape index (κ1) is 41.5. The number of rotatable bonds is 23. The van der Waals surface area contributed by atoms with Crippen LogP contribution >= 0.6 is 0 Å². The molecule has 47 heavy (non-hydrogen) atoms. The highest BCUT2D eigenvalue weighted by Gasteiger charge is 2.45. The zero-order valence-electron chi connectivity index (χ0n) is 26.8. The zero-order chi connectivity index (χ0) is 34.9. The van der Waals surface area contributed by atoms with E-state index in [0.717, 1.165) is 6.29 Å². The second-order valence-corrected chi connectivity index (χ2v) is 12.0. The Hall–Kier alpha value is -1.71. The van der Waals surface area contributed by atoms with E-state index in [1.807, 2.05) is 0 Å². The van der Waals surface area contributed by atoms with Gasteiger partial charge in [-0.1, -0.05) is 0 Å². The molecule has 2 fully saturated rings. The van der Waals surface area contributed by atoms with Crippen LogP contribution in [0, 0.1) is 5.92 Å². The van der Waals surface area contributed by atoms with Crippen LogP contribution in [-0.2, 0) is 33.3 Å². The third kappa shape index (κ3) is 13.6. The van der Waals surface area contributed by atoms with Crippen LogP contribution in [0.1, 0.15) is 58.3 Å². The van der Waals surface area contributed by atoms with Crippen molar-refractivity contribution >= 4 is 18.0 Å². The summed E-state index contributed by atoms with van der Waals surface area (Å²) in [6.07, 6.45) is -8.86. The van der Waals surface area contributed by atoms with Gasteiger partial charge in [-0.05, 0) is 51.9 Å². The molecule has 10 unspecified atom stereocenters. The van der Waals surface area contributed by atoms with Crippen molar-refractivity contribution in [2.75, 3.05) is 39.5 Å². The minimum absolute atomic E-state index is 0.0735. The van der Waals surface area contributed by atoms with Gasteiger partial charge in [0.1, 0.15) is 60.9 Å². The van der Waals surface area contributed by atoms with Gasteiger partial charge >= 0.3 is 0 Å². The smallest absolute Gasteiger partial charge is 0.219 e. The van der Waals surface area contributed by atoms with Gasteiger partial charge in [-0.25, -0.2) is 0 Å². The molecule has 1 amide bonds. The number of aliphatic hydroxyl groups excluding tert-OH is 8. The lowest BCUT2D eigenvalue weighted by Crippen LogP contribution is -2.59. The molecule has 0 aromatic heterocycles. The van der Waals surface area contributed by atoms with Crippen LogP contribution in [0.15, 0.2) is 0 Å². The summed E-state index contributed by atoms with van der Waals surface area (Å²) in [6, 6.07) is -0.456. The molecule has 2 aliphatic rings. The summed E-state index contributed by atoms with van der Waals surface area (Å²) >= 11 is 0. The molecule has 2 saturated heterocycles. The van der Waals surface area contributed by atoms with E-state index in [1.165, 1.54) is 6.92 Å². The molecule has 17 heteroatoms. The van der Waals surface area contributed by atoms with E-state index in [4.69, 9.17) is 18.9 Å². The van der Waals surface area contributed by atoms with Crippen molar-refractivity contribution in [1.82, 2.24) is 10.6 Å². The molecule has 274 valence electrons. The Labute approximate surface area is 274 Å². The van der Waals surface area contributed by atoms with Gasteiger partial charge in [-0.15, -0.1) is 0 Å². The van der Waals surface area contributed by atoms with E-state index in [0.29, 0.717) is 51.5 Å². The Morgan fingerprint density at radius 3 is 1.81 bits per heavy atom. The molecule has 17 nitrogen and oxygen atoms in total. The van der Waals surface area contributed by atoms with Gasteiger partial charge in [0.05, 0.1) is 19.3 Å². The minimum Gasteiger partial charge on any atom is -0.394 e. The predicted octanol–water partition coefficient (Wildman–Crippen LogP) is -3.78. The Bertz CT molecular complexity index is 913. The highest BCUT2D eigenvalue weighted by Crippen LogP contribution is 2.23. The quantitative estimate of drug-likeness (QED) is 0.0366. The number of ether oxygens (including phenoxy) is 4. The number of carbonyl (C=O) groups is 3. The summed E-state index contributed by atoms with van der Waals surface area (Å²) < 4.78 is 21.4. The number of unbranched alkanes of at least 4 members (excludes halogenated alkanes) is 2. The maximum Gasteiger partial charge on any atom is 0.219 e. The molecule has 12 atom stereocenters. The SMILES string of the molecule is CC(=O)[C@@H](CCCCNC(=O)CCCCOC1OC(CO)[C@H](O)C(O)C1O)NCC(C=O)CCCOC1OC(CO)C(O)C(O)C1O. The van der Waals surface area contributed by atoms with Crippen LogP contribution in [0.2, 0.25) is 0 Å². The molecular formula is C30H54N2O15. The molecule has 0 spiro atoms. The molecule has 2 rings (SSSR count). The molecule has 0 aromatic carbocycles. The van der Waals surface area contributed by atoms with E-state index in [1.54, 1.807) is 0 Å². The lowest BCUT2D eigenvalue weighted by molar-refractivity contribution is -0.301. The number of hydrogen-bond acceptors (Lipinski definition) is 16. The Kier molecular flexibility index (Phi) is 19.5. The molecule has 0 radical (unpaired) electrons. The number of ketones is 1. The van der Waals surface area contributed by atoms with E-state index in [9.17, 15) is 55.2 Å². The fraction of sp³-hybridized carbons (Fsp3) is 0.900. The largest absolute Gasteiger partial charge is 0.394 e. The van der Waals surface area contributed by atoms with E-state index >= 15 is 0 Å². The molecule has 2 aliphatic heterocycles. The lowest BCUT2D eigenvalue weighted by Gasteiger charge is -2.39. The summed E-state index contributed by atoms with van der Waals surface area (Å²) in [4.78, 5) is 35.9. The topological polar surface area (TPSA) is 274 Å². The van der Waals surface area contributed by atoms with Crippen LogP contribution in [0.25, 0.3) is 0 Å². The van der Waals surface area contributed by atoms with Gasteiger partial charge in [0, 0.05) is 38.6 Å². The fourth-order valence-corrected chi connectivity index (χ4v) is 5.29. The first-order valence-corrected chi connectivity index (χ1v) is 16.2. The van der Waals surface area contributed by atoms with Gasteiger partial charge in [-0.3, -0.25) is 9.59 Å². The molecule has 2 heterocycles. The van der Waals surface area contributed by atoms with Crippen LogP contribution < -0.4 is 10.6 Å². The summed E-state index contributed by atoms with van der Waals surface area (Å²) in [5, 5.41) is 83.7. The fourth-order valence-electron chi connectivity index (χ4n) is 5.29. The van der Waals surface area contributed by atoms with Crippen molar-refractivity contribution in [1.29, 1.82) is 0 Å². The Balaban J connectivity index is 1.55. The number of aldehydes is 1. The number of nitrogens with one attached hydrogen (secondary N) is 2. The van der Waals surface area contributed by atoms with E-state index in [-0.39, 0.29) is 37.9 Å². The first-order valence-electron chi connectivity index (χ1n) is 16.2.